The van der Waals surface area contributed by atoms with Crippen LogP contribution in [-0.2, 0) is 11.3 Å². The van der Waals surface area contributed by atoms with Crippen LogP contribution in [0, 0.1) is 5.92 Å². The SMILES string of the molecule is O=C(NCc1ccccc1Br)[C@H]1CCCN(C(=O)N2CCOc3ccccc32)C1. The molecule has 0 aliphatic carbocycles. The number of fused-ring (bicyclic) bond motifs is 1. The smallest absolute Gasteiger partial charge is 0.324 e. The molecular weight excluding hydrogens is 434 g/mol. The highest BCUT2D eigenvalue weighted by Crippen LogP contribution is 2.32. The van der Waals surface area contributed by atoms with Crippen LogP contribution in [0.4, 0.5) is 10.5 Å². The maximum absolute atomic E-state index is 13.2. The largest absolute Gasteiger partial charge is 0.490 e. The molecule has 1 N–H and O–H groups in total. The lowest BCUT2D eigenvalue weighted by Gasteiger charge is -2.37. The molecule has 0 bridgehead atoms. The van der Waals surface area contributed by atoms with Gasteiger partial charge in [-0.05, 0) is 36.6 Å². The van der Waals surface area contributed by atoms with Gasteiger partial charge in [0.25, 0.3) is 0 Å². The van der Waals surface area contributed by atoms with Crippen LogP contribution in [0.15, 0.2) is 53.0 Å². The Morgan fingerprint density at radius 2 is 1.90 bits per heavy atom. The number of benzene rings is 2. The molecule has 0 spiro atoms. The van der Waals surface area contributed by atoms with E-state index in [1.165, 1.54) is 0 Å². The average Bonchev–Trinajstić information content (AvgIpc) is 2.77. The van der Waals surface area contributed by atoms with Gasteiger partial charge in [0, 0.05) is 24.1 Å². The number of halogens is 1. The van der Waals surface area contributed by atoms with Crippen molar-refractivity contribution in [2.45, 2.75) is 19.4 Å². The number of anilines is 1. The van der Waals surface area contributed by atoms with E-state index in [1.54, 1.807) is 9.80 Å². The Labute approximate surface area is 178 Å². The normalized spacial score (nSPS) is 18.6. The summed E-state index contributed by atoms with van der Waals surface area (Å²) in [6, 6.07) is 15.4. The first-order chi connectivity index (χ1) is 14.1. The molecule has 29 heavy (non-hydrogen) atoms. The van der Waals surface area contributed by atoms with Crippen LogP contribution in [0.3, 0.4) is 0 Å². The van der Waals surface area contributed by atoms with Crippen molar-refractivity contribution in [3.63, 3.8) is 0 Å². The highest BCUT2D eigenvalue weighted by atomic mass is 79.9. The van der Waals surface area contributed by atoms with Crippen molar-refractivity contribution in [3.05, 3.63) is 58.6 Å². The van der Waals surface area contributed by atoms with Gasteiger partial charge in [-0.1, -0.05) is 46.3 Å². The van der Waals surface area contributed by atoms with Gasteiger partial charge in [-0.25, -0.2) is 4.79 Å². The predicted molar refractivity (Wildman–Crippen MR) is 115 cm³/mol. The second kappa shape index (κ2) is 8.86. The number of ether oxygens (including phenoxy) is 1. The summed E-state index contributed by atoms with van der Waals surface area (Å²) in [5.41, 5.74) is 1.83. The number of para-hydroxylation sites is 2. The minimum Gasteiger partial charge on any atom is -0.490 e. The third kappa shape index (κ3) is 4.40. The van der Waals surface area contributed by atoms with Gasteiger partial charge in [-0.3, -0.25) is 9.69 Å². The molecule has 7 heteroatoms. The molecule has 2 heterocycles. The summed E-state index contributed by atoms with van der Waals surface area (Å²) in [6.07, 6.45) is 1.62. The zero-order valence-electron chi connectivity index (χ0n) is 16.1. The molecule has 2 aromatic rings. The quantitative estimate of drug-likeness (QED) is 0.762. The molecule has 1 fully saturated rings. The van der Waals surface area contributed by atoms with Gasteiger partial charge in [-0.2, -0.15) is 0 Å². The third-order valence-electron chi connectivity index (χ3n) is 5.43. The number of hydrogen-bond acceptors (Lipinski definition) is 3. The maximum atomic E-state index is 13.2. The fraction of sp³-hybridized carbons (Fsp3) is 0.364. The molecule has 0 unspecified atom stereocenters. The molecule has 152 valence electrons. The van der Waals surface area contributed by atoms with Gasteiger partial charge in [-0.15, -0.1) is 0 Å². The van der Waals surface area contributed by atoms with E-state index < -0.39 is 0 Å². The molecule has 2 aromatic carbocycles. The third-order valence-corrected chi connectivity index (χ3v) is 6.21. The maximum Gasteiger partial charge on any atom is 0.324 e. The van der Waals surface area contributed by atoms with Gasteiger partial charge >= 0.3 is 6.03 Å². The zero-order chi connectivity index (χ0) is 20.2. The summed E-state index contributed by atoms with van der Waals surface area (Å²) >= 11 is 3.51. The molecule has 1 atom stereocenters. The van der Waals surface area contributed by atoms with E-state index in [-0.39, 0.29) is 17.9 Å². The van der Waals surface area contributed by atoms with Crippen molar-refractivity contribution in [1.82, 2.24) is 10.2 Å². The second-order valence-corrected chi connectivity index (χ2v) is 8.20. The summed E-state index contributed by atoms with van der Waals surface area (Å²) in [6.45, 7) is 2.59. The van der Waals surface area contributed by atoms with Gasteiger partial charge in [0.15, 0.2) is 0 Å². The van der Waals surface area contributed by atoms with Crippen molar-refractivity contribution in [2.75, 3.05) is 31.1 Å². The van der Waals surface area contributed by atoms with Crippen molar-refractivity contribution in [1.29, 1.82) is 0 Å². The molecular formula is C22H24BrN3O3. The van der Waals surface area contributed by atoms with Crippen molar-refractivity contribution >= 4 is 33.6 Å². The number of carbonyl (C=O) groups excluding carboxylic acids is 2. The van der Waals surface area contributed by atoms with Crippen molar-refractivity contribution < 1.29 is 14.3 Å². The number of likely N-dealkylation sites (tertiary alicyclic amines) is 1. The van der Waals surface area contributed by atoms with E-state index in [4.69, 9.17) is 4.74 Å². The molecule has 1 saturated heterocycles. The summed E-state index contributed by atoms with van der Waals surface area (Å²) in [4.78, 5) is 29.5. The number of nitrogens with zero attached hydrogens (tertiary/aromatic N) is 2. The summed E-state index contributed by atoms with van der Waals surface area (Å²) < 4.78 is 6.63. The second-order valence-electron chi connectivity index (χ2n) is 7.34. The van der Waals surface area contributed by atoms with Gasteiger partial charge in [0.1, 0.15) is 12.4 Å². The van der Waals surface area contributed by atoms with Gasteiger partial charge in [0.2, 0.25) is 5.91 Å². The standard InChI is InChI=1S/C22H24BrN3O3/c23-18-8-2-1-6-16(18)14-24-21(27)17-7-5-11-25(15-17)22(28)26-12-13-29-20-10-4-3-9-19(20)26/h1-4,6,8-10,17H,5,7,11-15H2,(H,24,27)/t17-/m0/s1. The van der Waals surface area contributed by atoms with Crippen LogP contribution in [0.5, 0.6) is 5.75 Å². The highest BCUT2D eigenvalue weighted by Gasteiger charge is 2.33. The van der Waals surface area contributed by atoms with E-state index in [1.807, 2.05) is 48.5 Å². The van der Waals surface area contributed by atoms with Crippen molar-refractivity contribution in [2.24, 2.45) is 5.92 Å². The molecule has 6 nitrogen and oxygen atoms in total. The fourth-order valence-electron chi connectivity index (χ4n) is 3.87. The van der Waals surface area contributed by atoms with E-state index in [0.717, 1.165) is 34.3 Å². The molecule has 4 rings (SSSR count). The first-order valence-corrected chi connectivity index (χ1v) is 10.7. The first kappa shape index (κ1) is 19.8. The predicted octanol–water partition coefficient (Wildman–Crippen LogP) is 3.80. The Morgan fingerprint density at radius 1 is 1.10 bits per heavy atom. The highest BCUT2D eigenvalue weighted by molar-refractivity contribution is 9.10. The van der Waals surface area contributed by atoms with Crippen LogP contribution in [0.2, 0.25) is 0 Å². The monoisotopic (exact) mass is 457 g/mol. The van der Waals surface area contributed by atoms with E-state index >= 15 is 0 Å². The lowest BCUT2D eigenvalue weighted by Crippen LogP contribution is -2.52. The number of carbonyl (C=O) groups is 2. The summed E-state index contributed by atoms with van der Waals surface area (Å²) in [5.74, 6) is 0.541. The van der Waals surface area contributed by atoms with Crippen LogP contribution in [0.25, 0.3) is 0 Å². The van der Waals surface area contributed by atoms with E-state index in [2.05, 4.69) is 21.2 Å². The number of piperidine rings is 1. The first-order valence-electron chi connectivity index (χ1n) is 9.93. The Bertz CT molecular complexity index is 904. The fourth-order valence-corrected chi connectivity index (χ4v) is 4.30. The lowest BCUT2D eigenvalue weighted by molar-refractivity contribution is -0.126. The minimum atomic E-state index is -0.188. The number of nitrogens with one attached hydrogen (secondary N) is 1. The zero-order valence-corrected chi connectivity index (χ0v) is 17.7. The van der Waals surface area contributed by atoms with Crippen LogP contribution in [-0.4, -0.2) is 43.1 Å². The Balaban J connectivity index is 1.39. The molecule has 2 aliphatic heterocycles. The average molecular weight is 458 g/mol. The molecule has 3 amide bonds. The Morgan fingerprint density at radius 3 is 2.76 bits per heavy atom. The van der Waals surface area contributed by atoms with Crippen LogP contribution >= 0.6 is 15.9 Å². The summed E-state index contributed by atoms with van der Waals surface area (Å²) in [5, 5.41) is 3.02. The molecule has 0 aromatic heterocycles. The van der Waals surface area contributed by atoms with E-state index in [9.17, 15) is 9.59 Å². The number of hydrogen-bond donors (Lipinski definition) is 1. The Hall–Kier alpha value is -2.54. The van der Waals surface area contributed by atoms with Gasteiger partial charge < -0.3 is 15.0 Å². The topological polar surface area (TPSA) is 61.9 Å². The Kier molecular flexibility index (Phi) is 6.04. The summed E-state index contributed by atoms with van der Waals surface area (Å²) in [7, 11) is 0. The van der Waals surface area contributed by atoms with E-state index in [0.29, 0.717) is 32.8 Å². The molecule has 2 aliphatic rings. The van der Waals surface area contributed by atoms with Crippen molar-refractivity contribution in [3.8, 4) is 5.75 Å². The molecule has 0 radical (unpaired) electrons. The number of urea groups is 1. The number of amides is 3. The number of rotatable bonds is 3. The van der Waals surface area contributed by atoms with Crippen LogP contribution < -0.4 is 15.0 Å². The van der Waals surface area contributed by atoms with Crippen LogP contribution in [0.1, 0.15) is 18.4 Å². The molecule has 0 saturated carbocycles. The minimum absolute atomic E-state index is 0.000584. The van der Waals surface area contributed by atoms with Gasteiger partial charge in [0.05, 0.1) is 18.2 Å². The lowest BCUT2D eigenvalue weighted by atomic mass is 9.97.